The molecule has 2 saturated carbocycles. The second-order valence-electron chi connectivity index (χ2n) is 7.22. The van der Waals surface area contributed by atoms with Crippen molar-refractivity contribution < 1.29 is 5.11 Å². The van der Waals surface area contributed by atoms with E-state index in [0.717, 1.165) is 18.3 Å². The summed E-state index contributed by atoms with van der Waals surface area (Å²) in [5.74, 6) is 2.23. The summed E-state index contributed by atoms with van der Waals surface area (Å²) in [7, 11) is 0. The Labute approximate surface area is 107 Å². The highest BCUT2D eigenvalue weighted by molar-refractivity contribution is 5.04. The maximum Gasteiger partial charge on any atom is 0.0653 e. The zero-order valence-corrected chi connectivity index (χ0v) is 12.1. The summed E-state index contributed by atoms with van der Waals surface area (Å²) in [6.45, 7) is 9.26. The Morgan fingerprint density at radius 1 is 1.18 bits per heavy atom. The van der Waals surface area contributed by atoms with Crippen molar-refractivity contribution in [3.05, 3.63) is 0 Å². The predicted octanol–water partition coefficient (Wildman–Crippen LogP) is 4.39. The van der Waals surface area contributed by atoms with E-state index in [1.54, 1.807) is 0 Å². The largest absolute Gasteiger partial charge is 0.390 e. The summed E-state index contributed by atoms with van der Waals surface area (Å²) in [5, 5.41) is 10.8. The number of rotatable bonds is 2. The monoisotopic (exact) mass is 238 g/mol. The predicted molar refractivity (Wildman–Crippen MR) is 72.9 cm³/mol. The fourth-order valence-corrected chi connectivity index (χ4v) is 5.15. The molecule has 2 rings (SSSR count). The Balaban J connectivity index is 2.29. The lowest BCUT2D eigenvalue weighted by Gasteiger charge is -2.58. The van der Waals surface area contributed by atoms with Gasteiger partial charge in [0.25, 0.3) is 0 Å². The molecule has 5 atom stereocenters. The van der Waals surface area contributed by atoms with Crippen LogP contribution in [0.4, 0.5) is 0 Å². The van der Waals surface area contributed by atoms with Gasteiger partial charge in [0.2, 0.25) is 0 Å². The van der Waals surface area contributed by atoms with Crippen LogP contribution >= 0.6 is 0 Å². The Morgan fingerprint density at radius 3 is 2.53 bits per heavy atom. The Bertz CT molecular complexity index is 271. The van der Waals surface area contributed by atoms with Crippen molar-refractivity contribution in [1.29, 1.82) is 0 Å². The maximum atomic E-state index is 10.8. The standard InChI is InChI=1S/C16H30O/c1-5-7-14-15(3)10-6-8-12(2)13(15)9-11-16(14,4)17/h12-14,17H,5-11H2,1-4H3. The summed E-state index contributed by atoms with van der Waals surface area (Å²) in [6, 6.07) is 0. The molecule has 0 spiro atoms. The summed E-state index contributed by atoms with van der Waals surface area (Å²) >= 11 is 0. The van der Waals surface area contributed by atoms with E-state index in [1.165, 1.54) is 38.5 Å². The van der Waals surface area contributed by atoms with Gasteiger partial charge in [-0.2, -0.15) is 0 Å². The van der Waals surface area contributed by atoms with E-state index in [-0.39, 0.29) is 0 Å². The van der Waals surface area contributed by atoms with E-state index in [4.69, 9.17) is 0 Å². The van der Waals surface area contributed by atoms with Gasteiger partial charge in [0.05, 0.1) is 5.60 Å². The Kier molecular flexibility index (Phi) is 3.60. The van der Waals surface area contributed by atoms with Gasteiger partial charge in [-0.05, 0) is 55.8 Å². The molecule has 0 heterocycles. The summed E-state index contributed by atoms with van der Waals surface area (Å²) in [5.41, 5.74) is -0.0201. The molecule has 100 valence electrons. The summed E-state index contributed by atoms with van der Waals surface area (Å²) in [4.78, 5) is 0. The normalized spacial score (nSPS) is 51.0. The molecule has 0 aromatic heterocycles. The van der Waals surface area contributed by atoms with E-state index in [0.29, 0.717) is 11.3 Å². The van der Waals surface area contributed by atoms with Gasteiger partial charge in [0, 0.05) is 0 Å². The third-order valence-corrected chi connectivity index (χ3v) is 5.99. The van der Waals surface area contributed by atoms with Gasteiger partial charge >= 0.3 is 0 Å². The van der Waals surface area contributed by atoms with Crippen LogP contribution in [0.5, 0.6) is 0 Å². The molecular weight excluding hydrogens is 208 g/mol. The van der Waals surface area contributed by atoms with Crippen LogP contribution in [-0.2, 0) is 0 Å². The van der Waals surface area contributed by atoms with Crippen LogP contribution in [0.1, 0.15) is 72.6 Å². The first-order valence-corrected chi connectivity index (χ1v) is 7.64. The smallest absolute Gasteiger partial charge is 0.0653 e. The molecule has 0 saturated heterocycles. The van der Waals surface area contributed by atoms with Crippen LogP contribution in [0.3, 0.4) is 0 Å². The molecule has 0 radical (unpaired) electrons. The van der Waals surface area contributed by atoms with Gasteiger partial charge in [-0.3, -0.25) is 0 Å². The summed E-state index contributed by atoms with van der Waals surface area (Å²) < 4.78 is 0. The average molecular weight is 238 g/mol. The number of aliphatic hydroxyl groups is 1. The third kappa shape index (κ3) is 2.16. The number of fused-ring (bicyclic) bond motifs is 1. The molecule has 0 bridgehead atoms. The highest BCUT2D eigenvalue weighted by atomic mass is 16.3. The van der Waals surface area contributed by atoms with Gasteiger partial charge in [-0.25, -0.2) is 0 Å². The highest BCUT2D eigenvalue weighted by Gasteiger charge is 2.54. The lowest BCUT2D eigenvalue weighted by Crippen LogP contribution is -2.55. The fraction of sp³-hybridized carbons (Fsp3) is 1.00. The number of hydrogen-bond acceptors (Lipinski definition) is 1. The Hall–Kier alpha value is -0.0400. The molecule has 17 heavy (non-hydrogen) atoms. The third-order valence-electron chi connectivity index (χ3n) is 5.99. The highest BCUT2D eigenvalue weighted by Crippen LogP contribution is 2.59. The van der Waals surface area contributed by atoms with Gasteiger partial charge in [-0.15, -0.1) is 0 Å². The average Bonchev–Trinajstić information content (AvgIpc) is 2.23. The van der Waals surface area contributed by atoms with E-state index in [9.17, 15) is 5.11 Å². The Morgan fingerprint density at radius 2 is 1.88 bits per heavy atom. The zero-order chi connectivity index (χ0) is 12.7. The zero-order valence-electron chi connectivity index (χ0n) is 12.1. The molecule has 0 aromatic rings. The molecule has 0 aromatic carbocycles. The lowest BCUT2D eigenvalue weighted by atomic mass is 9.48. The van der Waals surface area contributed by atoms with Crippen LogP contribution in [0, 0.1) is 23.2 Å². The molecule has 0 amide bonds. The first-order valence-electron chi connectivity index (χ1n) is 7.64. The molecule has 1 nitrogen and oxygen atoms in total. The first-order chi connectivity index (χ1) is 7.92. The minimum absolute atomic E-state index is 0.398. The van der Waals surface area contributed by atoms with Crippen LogP contribution in [0.2, 0.25) is 0 Å². The lowest BCUT2D eigenvalue weighted by molar-refractivity contribution is -0.151. The number of hydrogen-bond donors (Lipinski definition) is 1. The molecule has 5 unspecified atom stereocenters. The molecule has 1 heteroatoms. The molecule has 2 fully saturated rings. The van der Waals surface area contributed by atoms with E-state index < -0.39 is 5.60 Å². The van der Waals surface area contributed by atoms with Crippen molar-refractivity contribution in [1.82, 2.24) is 0 Å². The quantitative estimate of drug-likeness (QED) is 0.756. The minimum Gasteiger partial charge on any atom is -0.390 e. The first kappa shape index (κ1) is 13.4. The second kappa shape index (κ2) is 4.57. The molecule has 2 aliphatic rings. The van der Waals surface area contributed by atoms with Crippen molar-refractivity contribution in [2.45, 2.75) is 78.2 Å². The van der Waals surface area contributed by atoms with E-state index >= 15 is 0 Å². The van der Waals surface area contributed by atoms with Crippen molar-refractivity contribution in [3.8, 4) is 0 Å². The van der Waals surface area contributed by atoms with Crippen molar-refractivity contribution in [3.63, 3.8) is 0 Å². The SMILES string of the molecule is CCCC1C(C)(O)CCC2C(C)CCCC21C. The summed E-state index contributed by atoms with van der Waals surface area (Å²) in [6.07, 6.45) is 8.77. The van der Waals surface area contributed by atoms with E-state index in [2.05, 4.69) is 27.7 Å². The van der Waals surface area contributed by atoms with Crippen LogP contribution in [-0.4, -0.2) is 10.7 Å². The van der Waals surface area contributed by atoms with Gasteiger partial charge < -0.3 is 5.11 Å². The van der Waals surface area contributed by atoms with Crippen molar-refractivity contribution in [2.75, 3.05) is 0 Å². The van der Waals surface area contributed by atoms with Crippen molar-refractivity contribution in [2.24, 2.45) is 23.2 Å². The molecular formula is C16H30O. The minimum atomic E-state index is -0.418. The topological polar surface area (TPSA) is 20.2 Å². The van der Waals surface area contributed by atoms with Crippen molar-refractivity contribution >= 4 is 0 Å². The van der Waals surface area contributed by atoms with Gasteiger partial charge in [0.1, 0.15) is 0 Å². The van der Waals surface area contributed by atoms with E-state index in [1.807, 2.05) is 0 Å². The van der Waals surface area contributed by atoms with Crippen LogP contribution in [0.15, 0.2) is 0 Å². The van der Waals surface area contributed by atoms with Crippen LogP contribution < -0.4 is 0 Å². The van der Waals surface area contributed by atoms with Gasteiger partial charge in [0.15, 0.2) is 0 Å². The molecule has 1 N–H and O–H groups in total. The molecule has 2 aliphatic carbocycles. The molecule has 0 aliphatic heterocycles. The van der Waals surface area contributed by atoms with Crippen LogP contribution in [0.25, 0.3) is 0 Å². The second-order valence-corrected chi connectivity index (χ2v) is 7.22. The fourth-order valence-electron chi connectivity index (χ4n) is 5.15. The van der Waals surface area contributed by atoms with Gasteiger partial charge in [-0.1, -0.05) is 40.0 Å². The maximum absolute atomic E-state index is 10.8.